The Morgan fingerprint density at radius 2 is 1.41 bits per heavy atom. The van der Waals surface area contributed by atoms with Crippen molar-refractivity contribution in [2.24, 2.45) is 0 Å². The summed E-state index contributed by atoms with van der Waals surface area (Å²) in [5.74, 6) is -1.54. The lowest BCUT2D eigenvalue weighted by molar-refractivity contribution is -0.119. The van der Waals surface area contributed by atoms with E-state index in [1.165, 1.54) is 11.3 Å². The molecule has 27 heavy (non-hydrogen) atoms. The molecule has 130 valence electrons. The minimum absolute atomic E-state index is 0.144. The average molecular weight is 368 g/mol. The van der Waals surface area contributed by atoms with Crippen molar-refractivity contribution in [2.75, 3.05) is 0 Å². The Hall–Kier alpha value is -3.29. The maximum absolute atomic E-state index is 13.5. The van der Waals surface area contributed by atoms with E-state index in [1.807, 2.05) is 84.9 Å². The van der Waals surface area contributed by atoms with Gasteiger partial charge in [-0.3, -0.25) is 4.79 Å². The van der Waals surface area contributed by atoms with Crippen LogP contribution in [0, 0.1) is 11.3 Å². The van der Waals surface area contributed by atoms with Crippen LogP contribution in [0.5, 0.6) is 0 Å². The van der Waals surface area contributed by atoms with Crippen LogP contribution in [-0.4, -0.2) is 10.8 Å². The molecule has 3 nitrogen and oxygen atoms in total. The number of para-hydroxylation sites is 1. The number of thiazole rings is 1. The first-order valence-electron chi connectivity index (χ1n) is 8.66. The second-order valence-corrected chi connectivity index (χ2v) is 7.30. The van der Waals surface area contributed by atoms with E-state index in [-0.39, 0.29) is 5.78 Å². The number of rotatable bonds is 5. The summed E-state index contributed by atoms with van der Waals surface area (Å²) in [5, 5.41) is 10.4. The van der Waals surface area contributed by atoms with Gasteiger partial charge in [-0.25, -0.2) is 4.98 Å². The standard InChI is InChI=1S/C23H16N2OS/c24-15-18(23-25-19-13-7-8-14-20(19)27-23)22(26)21(16-9-3-1-4-10-16)17-11-5-2-6-12-17/h1-14,18,21H/t18-/m1/s1. The van der Waals surface area contributed by atoms with Gasteiger partial charge in [0.1, 0.15) is 5.01 Å². The molecule has 0 unspecified atom stereocenters. The number of carbonyl (C=O) groups excluding carboxylic acids is 1. The number of hydrogen-bond acceptors (Lipinski definition) is 4. The summed E-state index contributed by atoms with van der Waals surface area (Å²) in [6.45, 7) is 0. The van der Waals surface area contributed by atoms with Crippen molar-refractivity contribution in [3.05, 3.63) is 101 Å². The second kappa shape index (κ2) is 7.53. The van der Waals surface area contributed by atoms with E-state index >= 15 is 0 Å². The van der Waals surface area contributed by atoms with Crippen LogP contribution in [-0.2, 0) is 4.79 Å². The zero-order chi connectivity index (χ0) is 18.6. The maximum Gasteiger partial charge on any atom is 0.168 e. The van der Waals surface area contributed by atoms with Crippen molar-refractivity contribution in [2.45, 2.75) is 11.8 Å². The minimum Gasteiger partial charge on any atom is -0.297 e. The fourth-order valence-electron chi connectivity index (χ4n) is 3.23. The Morgan fingerprint density at radius 1 is 0.852 bits per heavy atom. The first-order valence-corrected chi connectivity index (χ1v) is 9.48. The van der Waals surface area contributed by atoms with Crippen LogP contribution < -0.4 is 0 Å². The molecule has 4 rings (SSSR count). The van der Waals surface area contributed by atoms with Crippen LogP contribution in [0.1, 0.15) is 28.0 Å². The fraction of sp³-hybridized carbons (Fsp3) is 0.0870. The lowest BCUT2D eigenvalue weighted by atomic mass is 9.83. The molecule has 1 heterocycles. The van der Waals surface area contributed by atoms with Gasteiger partial charge in [-0.15, -0.1) is 11.3 Å². The first-order chi connectivity index (χ1) is 13.3. The molecule has 0 saturated carbocycles. The highest BCUT2D eigenvalue weighted by molar-refractivity contribution is 7.18. The van der Waals surface area contributed by atoms with Crippen molar-refractivity contribution in [1.82, 2.24) is 4.98 Å². The molecular formula is C23H16N2OS. The topological polar surface area (TPSA) is 53.8 Å². The summed E-state index contributed by atoms with van der Waals surface area (Å²) in [6.07, 6.45) is 0. The molecule has 1 atom stereocenters. The predicted octanol–water partition coefficient (Wildman–Crippen LogP) is 5.30. The Morgan fingerprint density at radius 3 is 1.96 bits per heavy atom. The number of carbonyl (C=O) groups is 1. The summed E-state index contributed by atoms with van der Waals surface area (Å²) < 4.78 is 0.983. The summed E-state index contributed by atoms with van der Waals surface area (Å²) in [5.41, 5.74) is 2.59. The largest absolute Gasteiger partial charge is 0.297 e. The van der Waals surface area contributed by atoms with E-state index < -0.39 is 11.8 Å². The summed E-state index contributed by atoms with van der Waals surface area (Å²) in [4.78, 5) is 18.0. The van der Waals surface area contributed by atoms with Crippen molar-refractivity contribution in [3.63, 3.8) is 0 Å². The third-order valence-electron chi connectivity index (χ3n) is 4.52. The van der Waals surface area contributed by atoms with Gasteiger partial charge in [0.2, 0.25) is 0 Å². The summed E-state index contributed by atoms with van der Waals surface area (Å²) >= 11 is 1.41. The van der Waals surface area contributed by atoms with Crippen LogP contribution in [0.4, 0.5) is 0 Å². The van der Waals surface area contributed by atoms with Gasteiger partial charge >= 0.3 is 0 Å². The number of aromatic nitrogens is 1. The molecule has 0 bridgehead atoms. The smallest absolute Gasteiger partial charge is 0.168 e. The molecule has 3 aromatic carbocycles. The van der Waals surface area contributed by atoms with Crippen LogP contribution in [0.3, 0.4) is 0 Å². The van der Waals surface area contributed by atoms with Crippen LogP contribution in [0.2, 0.25) is 0 Å². The number of hydrogen-bond donors (Lipinski definition) is 0. The molecule has 4 heteroatoms. The van der Waals surface area contributed by atoms with E-state index in [4.69, 9.17) is 0 Å². The maximum atomic E-state index is 13.5. The molecular weight excluding hydrogens is 352 g/mol. The molecule has 0 aliphatic carbocycles. The SMILES string of the molecule is N#C[C@H](C(=O)C(c1ccccc1)c1ccccc1)c1nc2ccccc2s1. The molecule has 0 fully saturated rings. The Bertz CT molecular complexity index is 1040. The van der Waals surface area contributed by atoms with E-state index in [0.717, 1.165) is 21.3 Å². The molecule has 0 saturated heterocycles. The zero-order valence-electron chi connectivity index (χ0n) is 14.4. The molecule has 0 aliphatic heterocycles. The Kier molecular flexibility index (Phi) is 4.78. The fourth-order valence-corrected chi connectivity index (χ4v) is 4.25. The van der Waals surface area contributed by atoms with Crippen LogP contribution >= 0.6 is 11.3 Å². The van der Waals surface area contributed by atoms with Gasteiger partial charge in [0.05, 0.1) is 22.2 Å². The summed E-state index contributed by atoms with van der Waals surface area (Å²) in [6, 6.07) is 29.1. The monoisotopic (exact) mass is 368 g/mol. The molecule has 0 aliphatic rings. The van der Waals surface area contributed by atoms with Crippen LogP contribution in [0.15, 0.2) is 84.9 Å². The molecule has 0 N–H and O–H groups in total. The first kappa shape index (κ1) is 17.1. The van der Waals surface area contributed by atoms with E-state index in [0.29, 0.717) is 5.01 Å². The third kappa shape index (κ3) is 3.38. The number of fused-ring (bicyclic) bond motifs is 1. The van der Waals surface area contributed by atoms with Gasteiger partial charge in [-0.2, -0.15) is 5.26 Å². The summed E-state index contributed by atoms with van der Waals surface area (Å²) in [7, 11) is 0. The molecule has 0 spiro atoms. The highest BCUT2D eigenvalue weighted by atomic mass is 32.1. The normalized spacial score (nSPS) is 12.0. The number of nitrogens with zero attached hydrogens (tertiary/aromatic N) is 2. The molecule has 4 aromatic rings. The third-order valence-corrected chi connectivity index (χ3v) is 5.62. The highest BCUT2D eigenvalue weighted by Gasteiger charge is 2.32. The lowest BCUT2D eigenvalue weighted by Gasteiger charge is -2.18. The Labute approximate surface area is 161 Å². The van der Waals surface area contributed by atoms with Crippen molar-refractivity contribution in [1.29, 1.82) is 5.26 Å². The number of Topliss-reactive ketones (excluding diaryl/α,β-unsaturated/α-hetero) is 1. The number of nitriles is 1. The van der Waals surface area contributed by atoms with E-state index in [9.17, 15) is 10.1 Å². The van der Waals surface area contributed by atoms with Crippen LogP contribution in [0.25, 0.3) is 10.2 Å². The number of ketones is 1. The van der Waals surface area contributed by atoms with Crippen molar-refractivity contribution in [3.8, 4) is 6.07 Å². The zero-order valence-corrected chi connectivity index (χ0v) is 15.3. The van der Waals surface area contributed by atoms with Gasteiger partial charge < -0.3 is 0 Å². The van der Waals surface area contributed by atoms with Crippen molar-refractivity contribution < 1.29 is 4.79 Å². The minimum atomic E-state index is -0.896. The second-order valence-electron chi connectivity index (χ2n) is 6.24. The van der Waals surface area contributed by atoms with Crippen molar-refractivity contribution >= 4 is 27.3 Å². The average Bonchev–Trinajstić information content (AvgIpc) is 3.14. The van der Waals surface area contributed by atoms with E-state index in [1.54, 1.807) is 0 Å². The van der Waals surface area contributed by atoms with Gasteiger partial charge in [0, 0.05) is 0 Å². The molecule has 1 aromatic heterocycles. The Balaban J connectivity index is 1.79. The van der Waals surface area contributed by atoms with Gasteiger partial charge in [-0.1, -0.05) is 72.8 Å². The highest BCUT2D eigenvalue weighted by Crippen LogP contribution is 2.34. The van der Waals surface area contributed by atoms with Gasteiger partial charge in [0.15, 0.2) is 11.7 Å². The molecule has 0 radical (unpaired) electrons. The van der Waals surface area contributed by atoms with Gasteiger partial charge in [-0.05, 0) is 23.3 Å². The predicted molar refractivity (Wildman–Crippen MR) is 108 cm³/mol. The lowest BCUT2D eigenvalue weighted by Crippen LogP contribution is -2.21. The van der Waals surface area contributed by atoms with Gasteiger partial charge in [0.25, 0.3) is 0 Å². The quantitative estimate of drug-likeness (QED) is 0.480. The molecule has 0 amide bonds. The number of benzene rings is 3. The van der Waals surface area contributed by atoms with E-state index in [2.05, 4.69) is 11.1 Å².